The summed E-state index contributed by atoms with van der Waals surface area (Å²) in [6.07, 6.45) is 4.71. The van der Waals surface area contributed by atoms with Crippen LogP contribution in [0, 0.1) is 39.6 Å². The van der Waals surface area contributed by atoms with Gasteiger partial charge >= 0.3 is 0 Å². The summed E-state index contributed by atoms with van der Waals surface area (Å²) in [7, 11) is 1.51. The number of hydrogen-bond acceptors (Lipinski definition) is 4. The molecule has 0 aliphatic heterocycles. The Bertz CT molecular complexity index is 1070. The minimum Gasteiger partial charge on any atom is -0.497 e. The monoisotopic (exact) mass is 458 g/mol. The van der Waals surface area contributed by atoms with Crippen LogP contribution in [0.2, 0.25) is 0 Å². The van der Waals surface area contributed by atoms with Crippen LogP contribution in [0.15, 0.2) is 30.3 Å². The average molecular weight is 458 g/mol. The molecular weight excluding hydrogens is 433 g/mol. The molecule has 3 saturated carbocycles. The number of hydrogen-bond donors (Lipinski definition) is 1. The van der Waals surface area contributed by atoms with Gasteiger partial charge in [0.2, 0.25) is 5.82 Å². The molecule has 3 fully saturated rings. The van der Waals surface area contributed by atoms with E-state index in [9.17, 15) is 23.2 Å². The summed E-state index contributed by atoms with van der Waals surface area (Å²) in [4.78, 5) is 12.6. The van der Waals surface area contributed by atoms with Gasteiger partial charge < -0.3 is 14.8 Å². The number of rotatable bonds is 7. The number of carbonyl (C=O) groups excluding carboxylic acids is 1. The fourth-order valence-electron chi connectivity index (χ4n) is 4.81. The van der Waals surface area contributed by atoms with Gasteiger partial charge in [-0.3, -0.25) is 4.79 Å². The molecule has 1 amide bonds. The van der Waals surface area contributed by atoms with Crippen LogP contribution >= 0.6 is 0 Å². The van der Waals surface area contributed by atoms with Crippen molar-refractivity contribution in [2.45, 2.75) is 45.1 Å². The second kappa shape index (κ2) is 8.97. The third kappa shape index (κ3) is 4.50. The molecule has 33 heavy (non-hydrogen) atoms. The van der Waals surface area contributed by atoms with Crippen molar-refractivity contribution < 1.29 is 27.4 Å². The zero-order valence-electron chi connectivity index (χ0n) is 18.3. The summed E-state index contributed by atoms with van der Waals surface area (Å²) >= 11 is 0. The third-order valence-corrected chi connectivity index (χ3v) is 7.17. The van der Waals surface area contributed by atoms with E-state index in [4.69, 9.17) is 9.47 Å². The predicted molar refractivity (Wildman–Crippen MR) is 114 cm³/mol. The molecule has 5 rings (SSSR count). The van der Waals surface area contributed by atoms with E-state index in [1.165, 1.54) is 7.11 Å². The zero-order chi connectivity index (χ0) is 23.6. The Balaban J connectivity index is 1.42. The largest absolute Gasteiger partial charge is 0.497 e. The van der Waals surface area contributed by atoms with Crippen LogP contribution in [-0.4, -0.2) is 19.6 Å². The molecule has 1 N–H and O–H groups in total. The number of ether oxygens (including phenoxy) is 2. The van der Waals surface area contributed by atoms with Gasteiger partial charge in [0.25, 0.3) is 5.91 Å². The number of nitrogens with zero attached hydrogens (tertiary/aromatic N) is 1. The molecule has 5 nitrogen and oxygen atoms in total. The molecule has 0 aromatic heterocycles. The van der Waals surface area contributed by atoms with Gasteiger partial charge in [-0.05, 0) is 67.7 Å². The number of halogens is 3. The smallest absolute Gasteiger partial charge is 0.254 e. The van der Waals surface area contributed by atoms with Gasteiger partial charge in [-0.25, -0.2) is 8.78 Å². The molecule has 174 valence electrons. The number of fused-ring (bicyclic) bond motifs is 3. The van der Waals surface area contributed by atoms with Crippen molar-refractivity contribution >= 4 is 5.91 Å². The number of nitrogens with one attached hydrogen (secondary N) is 1. The number of benzene rings is 2. The van der Waals surface area contributed by atoms with Gasteiger partial charge in [-0.1, -0.05) is 12.1 Å². The van der Waals surface area contributed by atoms with Crippen LogP contribution in [0.3, 0.4) is 0 Å². The molecule has 0 saturated heterocycles. The number of nitriles is 1. The summed E-state index contributed by atoms with van der Waals surface area (Å²) in [6, 6.07) is 9.73. The first-order valence-corrected chi connectivity index (χ1v) is 10.9. The van der Waals surface area contributed by atoms with Gasteiger partial charge in [-0.15, -0.1) is 0 Å². The molecule has 0 radical (unpaired) electrons. The second-order valence-corrected chi connectivity index (χ2v) is 9.07. The van der Waals surface area contributed by atoms with E-state index in [1.807, 2.05) is 0 Å². The maximum absolute atomic E-state index is 14.6. The Morgan fingerprint density at radius 2 is 1.70 bits per heavy atom. The quantitative estimate of drug-likeness (QED) is 0.573. The summed E-state index contributed by atoms with van der Waals surface area (Å²) in [6.45, 7) is 0.0985. The van der Waals surface area contributed by atoms with Gasteiger partial charge in [0.05, 0.1) is 24.2 Å². The van der Waals surface area contributed by atoms with Crippen LogP contribution in [0.1, 0.15) is 54.4 Å². The highest BCUT2D eigenvalue weighted by Gasteiger charge is 2.48. The van der Waals surface area contributed by atoms with E-state index in [2.05, 4.69) is 11.4 Å². The van der Waals surface area contributed by atoms with Crippen molar-refractivity contribution in [3.05, 3.63) is 58.9 Å². The fraction of sp³-hybridized carbons (Fsp3) is 0.440. The summed E-state index contributed by atoms with van der Waals surface area (Å²) in [5, 5.41) is 12.0. The lowest BCUT2D eigenvalue weighted by Gasteiger charge is -2.50. The van der Waals surface area contributed by atoms with E-state index in [0.29, 0.717) is 17.4 Å². The van der Waals surface area contributed by atoms with Crippen molar-refractivity contribution in [2.24, 2.45) is 10.8 Å². The van der Waals surface area contributed by atoms with Gasteiger partial charge in [-0.2, -0.15) is 9.65 Å². The van der Waals surface area contributed by atoms with Crippen LogP contribution in [0.5, 0.6) is 11.5 Å². The highest BCUT2D eigenvalue weighted by molar-refractivity contribution is 5.94. The molecule has 2 aromatic carbocycles. The number of carbonyl (C=O) groups is 1. The summed E-state index contributed by atoms with van der Waals surface area (Å²) < 4.78 is 53.9. The van der Waals surface area contributed by atoms with Gasteiger partial charge in [0, 0.05) is 6.54 Å². The van der Waals surface area contributed by atoms with Crippen LogP contribution in [-0.2, 0) is 6.61 Å². The normalized spacial score (nSPS) is 23.6. The Morgan fingerprint density at radius 3 is 2.27 bits per heavy atom. The minimum absolute atomic E-state index is 0.150. The molecule has 0 unspecified atom stereocenters. The Morgan fingerprint density at radius 1 is 1.06 bits per heavy atom. The highest BCUT2D eigenvalue weighted by Crippen LogP contribution is 2.56. The van der Waals surface area contributed by atoms with Crippen LogP contribution < -0.4 is 14.8 Å². The third-order valence-electron chi connectivity index (χ3n) is 7.17. The van der Waals surface area contributed by atoms with Crippen molar-refractivity contribution in [3.63, 3.8) is 0 Å². The lowest BCUT2D eigenvalue weighted by Crippen LogP contribution is -2.47. The Kier molecular flexibility index (Phi) is 6.24. The first-order valence-electron chi connectivity index (χ1n) is 10.9. The van der Waals surface area contributed by atoms with E-state index in [1.54, 1.807) is 24.3 Å². The van der Waals surface area contributed by atoms with Crippen LogP contribution in [0.25, 0.3) is 0 Å². The highest BCUT2D eigenvalue weighted by atomic mass is 19.2. The summed E-state index contributed by atoms with van der Waals surface area (Å²) in [5.74, 6) is -5.27. The molecule has 0 atom stereocenters. The van der Waals surface area contributed by atoms with E-state index >= 15 is 0 Å². The Labute approximate surface area is 190 Å². The van der Waals surface area contributed by atoms with Crippen LogP contribution in [0.4, 0.5) is 13.2 Å². The Hall–Kier alpha value is -3.21. The molecular formula is C25H25F3N2O3. The standard InChI is InChI=1S/C25H25F3N2O3/c1-32-17-4-2-16(3-5-17)13-33-22-19(26)12-18(20(27)21(22)28)23(31)30-15-25-9-6-24(14-29,7-10-25)8-11-25/h2-5,12H,6-11,13,15H2,1H3,(H,30,31)/t24-,25+. The van der Waals surface area contributed by atoms with Crippen molar-refractivity contribution in [1.29, 1.82) is 5.26 Å². The molecule has 3 aliphatic carbocycles. The van der Waals surface area contributed by atoms with Crippen molar-refractivity contribution in [3.8, 4) is 17.6 Å². The molecule has 2 bridgehead atoms. The fourth-order valence-corrected chi connectivity index (χ4v) is 4.81. The maximum Gasteiger partial charge on any atom is 0.254 e. The lowest BCUT2D eigenvalue weighted by atomic mass is 9.54. The number of amides is 1. The molecule has 3 aliphatic rings. The van der Waals surface area contributed by atoms with E-state index < -0.39 is 34.7 Å². The second-order valence-electron chi connectivity index (χ2n) is 9.07. The zero-order valence-corrected chi connectivity index (χ0v) is 18.3. The van der Waals surface area contributed by atoms with Crippen molar-refractivity contribution in [2.75, 3.05) is 13.7 Å². The topological polar surface area (TPSA) is 71.3 Å². The summed E-state index contributed by atoms with van der Waals surface area (Å²) in [5.41, 5.74) is -0.498. The van der Waals surface area contributed by atoms with E-state index in [-0.39, 0.29) is 24.0 Å². The first kappa shape index (κ1) is 23.0. The lowest BCUT2D eigenvalue weighted by molar-refractivity contribution is 0.0260. The van der Waals surface area contributed by atoms with Gasteiger partial charge in [0.1, 0.15) is 12.4 Å². The predicted octanol–water partition coefficient (Wildman–Crippen LogP) is 5.29. The number of methoxy groups -OCH3 is 1. The maximum atomic E-state index is 14.6. The first-order chi connectivity index (χ1) is 15.8. The molecule has 2 aromatic rings. The average Bonchev–Trinajstić information content (AvgIpc) is 2.86. The SMILES string of the molecule is COc1ccc(COc2c(F)cc(C(=O)NC[C@]34CC[C@](C#N)(CC3)CC4)c(F)c2F)cc1. The minimum atomic E-state index is -1.54. The van der Waals surface area contributed by atoms with Crippen molar-refractivity contribution in [1.82, 2.24) is 5.32 Å². The van der Waals surface area contributed by atoms with E-state index in [0.717, 1.165) is 38.5 Å². The molecule has 0 heterocycles. The van der Waals surface area contributed by atoms with Gasteiger partial charge in [0.15, 0.2) is 17.4 Å². The molecule has 8 heteroatoms. The molecule has 0 spiro atoms.